The van der Waals surface area contributed by atoms with Gasteiger partial charge in [-0.3, -0.25) is 4.79 Å². The Bertz CT molecular complexity index is 547. The van der Waals surface area contributed by atoms with Crippen LogP contribution in [0.1, 0.15) is 18.1 Å². The van der Waals surface area contributed by atoms with Crippen LogP contribution in [0, 0.1) is 18.8 Å². The van der Waals surface area contributed by atoms with Gasteiger partial charge in [0.2, 0.25) is 5.91 Å². The van der Waals surface area contributed by atoms with Gasteiger partial charge in [0.25, 0.3) is 0 Å². The quantitative estimate of drug-likeness (QED) is 0.861. The van der Waals surface area contributed by atoms with E-state index in [-0.39, 0.29) is 24.2 Å². The maximum Gasteiger partial charge on any atom is 0.225 e. The zero-order chi connectivity index (χ0) is 16.3. The number of amides is 1. The van der Waals surface area contributed by atoms with E-state index in [9.17, 15) is 4.79 Å². The van der Waals surface area contributed by atoms with Gasteiger partial charge in [0.05, 0.1) is 14.2 Å². The first kappa shape index (κ1) is 19.6. The predicted octanol–water partition coefficient (Wildman–Crippen LogP) is 2.25. The number of carbonyl (C=O) groups is 1. The standard InChI is InChI=1S/C17H26N2O3.ClH/c1-11-6-15(21-4)16(22-5)7-13(11)10-19(3)17(20)12(2)14-8-18-9-14;/h6-7,12,14,18H,8-10H2,1-5H3;1H. The predicted molar refractivity (Wildman–Crippen MR) is 93.5 cm³/mol. The van der Waals surface area contributed by atoms with E-state index in [1.165, 1.54) is 0 Å². The van der Waals surface area contributed by atoms with Crippen LogP contribution in [0.3, 0.4) is 0 Å². The minimum atomic E-state index is 0. The lowest BCUT2D eigenvalue weighted by atomic mass is 9.88. The minimum absolute atomic E-state index is 0. The molecule has 6 heteroatoms. The molecule has 0 spiro atoms. The maximum absolute atomic E-state index is 12.5. The Morgan fingerprint density at radius 2 is 1.87 bits per heavy atom. The van der Waals surface area contributed by atoms with E-state index in [1.54, 1.807) is 19.1 Å². The van der Waals surface area contributed by atoms with Crippen LogP contribution in [0.4, 0.5) is 0 Å². The van der Waals surface area contributed by atoms with E-state index in [1.807, 2.05) is 33.0 Å². The molecule has 1 saturated heterocycles. The first-order chi connectivity index (χ1) is 10.5. The third-order valence-corrected chi connectivity index (χ3v) is 4.54. The Balaban J connectivity index is 0.00000264. The molecular weight excluding hydrogens is 316 g/mol. The molecule has 1 aromatic rings. The normalized spacial score (nSPS) is 15.2. The van der Waals surface area contributed by atoms with Crippen LogP contribution in [-0.4, -0.2) is 45.2 Å². The number of aryl methyl sites for hydroxylation is 1. The fourth-order valence-corrected chi connectivity index (χ4v) is 2.74. The number of carbonyl (C=O) groups excluding carboxylic acids is 1. The SMILES string of the molecule is COc1cc(C)c(CN(C)C(=O)C(C)C2CNC2)cc1OC.Cl. The van der Waals surface area contributed by atoms with Crippen molar-refractivity contribution in [2.24, 2.45) is 11.8 Å². The zero-order valence-corrected chi connectivity index (χ0v) is 15.3. The van der Waals surface area contributed by atoms with Crippen LogP contribution < -0.4 is 14.8 Å². The maximum atomic E-state index is 12.5. The van der Waals surface area contributed by atoms with E-state index in [0.29, 0.717) is 24.0 Å². The van der Waals surface area contributed by atoms with E-state index < -0.39 is 0 Å². The summed E-state index contributed by atoms with van der Waals surface area (Å²) in [5.41, 5.74) is 2.17. The third kappa shape index (κ3) is 4.30. The first-order valence-electron chi connectivity index (χ1n) is 7.65. The molecule has 0 bridgehead atoms. The summed E-state index contributed by atoms with van der Waals surface area (Å²) in [6.45, 7) is 6.50. The Labute approximate surface area is 144 Å². The lowest BCUT2D eigenvalue weighted by Crippen LogP contribution is -2.49. The smallest absolute Gasteiger partial charge is 0.225 e. The molecule has 1 aliphatic heterocycles. The van der Waals surface area contributed by atoms with Gasteiger partial charge in [0, 0.05) is 19.5 Å². The average molecular weight is 343 g/mol. The largest absolute Gasteiger partial charge is 0.493 e. The molecular formula is C17H27ClN2O3. The number of nitrogens with zero attached hydrogens (tertiary/aromatic N) is 1. The van der Waals surface area contributed by atoms with Crippen LogP contribution in [-0.2, 0) is 11.3 Å². The molecule has 1 N–H and O–H groups in total. The van der Waals surface area contributed by atoms with Gasteiger partial charge in [-0.15, -0.1) is 12.4 Å². The summed E-state index contributed by atoms with van der Waals surface area (Å²) in [5.74, 6) is 2.13. The lowest BCUT2D eigenvalue weighted by Gasteiger charge is -2.34. The summed E-state index contributed by atoms with van der Waals surface area (Å²) in [6, 6.07) is 3.90. The van der Waals surface area contributed by atoms with Crippen LogP contribution in [0.2, 0.25) is 0 Å². The number of methoxy groups -OCH3 is 2. The summed E-state index contributed by atoms with van der Waals surface area (Å²) in [5, 5.41) is 3.22. The van der Waals surface area contributed by atoms with Crippen LogP contribution in [0.25, 0.3) is 0 Å². The van der Waals surface area contributed by atoms with Gasteiger partial charge in [-0.1, -0.05) is 6.92 Å². The van der Waals surface area contributed by atoms with Gasteiger partial charge in [-0.25, -0.2) is 0 Å². The average Bonchev–Trinajstić information content (AvgIpc) is 2.45. The highest BCUT2D eigenvalue weighted by Crippen LogP contribution is 2.31. The van der Waals surface area contributed by atoms with E-state index >= 15 is 0 Å². The number of hydrogen-bond acceptors (Lipinski definition) is 4. The highest BCUT2D eigenvalue weighted by Gasteiger charge is 2.30. The molecule has 0 radical (unpaired) electrons. The van der Waals surface area contributed by atoms with Crippen molar-refractivity contribution in [1.82, 2.24) is 10.2 Å². The van der Waals surface area contributed by atoms with Crippen LogP contribution in [0.15, 0.2) is 12.1 Å². The molecule has 1 aliphatic rings. The summed E-state index contributed by atoms with van der Waals surface area (Å²) >= 11 is 0. The highest BCUT2D eigenvalue weighted by atomic mass is 35.5. The van der Waals surface area contributed by atoms with Crippen molar-refractivity contribution in [2.45, 2.75) is 20.4 Å². The van der Waals surface area contributed by atoms with Gasteiger partial charge >= 0.3 is 0 Å². The monoisotopic (exact) mass is 342 g/mol. The molecule has 1 unspecified atom stereocenters. The van der Waals surface area contributed by atoms with Gasteiger partial charge in [-0.2, -0.15) is 0 Å². The summed E-state index contributed by atoms with van der Waals surface area (Å²) in [7, 11) is 5.11. The first-order valence-corrected chi connectivity index (χ1v) is 7.65. The summed E-state index contributed by atoms with van der Waals surface area (Å²) in [4.78, 5) is 14.3. The number of halogens is 1. The fourth-order valence-electron chi connectivity index (χ4n) is 2.74. The molecule has 1 aromatic carbocycles. The summed E-state index contributed by atoms with van der Waals surface area (Å²) < 4.78 is 10.7. The molecule has 23 heavy (non-hydrogen) atoms. The molecule has 0 aliphatic carbocycles. The Kier molecular flexibility index (Phi) is 7.16. The van der Waals surface area contributed by atoms with Crippen molar-refractivity contribution >= 4 is 18.3 Å². The van der Waals surface area contributed by atoms with Gasteiger partial charge < -0.3 is 19.7 Å². The van der Waals surface area contributed by atoms with Crippen molar-refractivity contribution < 1.29 is 14.3 Å². The van der Waals surface area contributed by atoms with Crippen molar-refractivity contribution in [2.75, 3.05) is 34.4 Å². The van der Waals surface area contributed by atoms with E-state index in [0.717, 1.165) is 24.2 Å². The van der Waals surface area contributed by atoms with E-state index in [2.05, 4.69) is 5.32 Å². The van der Waals surface area contributed by atoms with Gasteiger partial charge in [0.1, 0.15) is 0 Å². The molecule has 1 amide bonds. The molecule has 1 fully saturated rings. The van der Waals surface area contributed by atoms with Crippen molar-refractivity contribution in [3.63, 3.8) is 0 Å². The summed E-state index contributed by atoms with van der Waals surface area (Å²) in [6.07, 6.45) is 0. The number of ether oxygens (including phenoxy) is 2. The molecule has 5 nitrogen and oxygen atoms in total. The number of nitrogens with one attached hydrogen (secondary N) is 1. The van der Waals surface area contributed by atoms with Crippen LogP contribution in [0.5, 0.6) is 11.5 Å². The Morgan fingerprint density at radius 1 is 1.30 bits per heavy atom. The van der Waals surface area contributed by atoms with Crippen molar-refractivity contribution in [3.8, 4) is 11.5 Å². The van der Waals surface area contributed by atoms with Gasteiger partial charge in [-0.05, 0) is 49.2 Å². The Morgan fingerprint density at radius 3 is 2.35 bits per heavy atom. The third-order valence-electron chi connectivity index (χ3n) is 4.54. The topological polar surface area (TPSA) is 50.8 Å². The molecule has 0 aromatic heterocycles. The highest BCUT2D eigenvalue weighted by molar-refractivity contribution is 5.85. The Hall–Kier alpha value is -1.46. The zero-order valence-electron chi connectivity index (χ0n) is 14.5. The molecule has 0 saturated carbocycles. The minimum Gasteiger partial charge on any atom is -0.493 e. The number of hydrogen-bond donors (Lipinski definition) is 1. The van der Waals surface area contributed by atoms with Crippen molar-refractivity contribution in [3.05, 3.63) is 23.3 Å². The number of rotatable bonds is 6. The fraction of sp³-hybridized carbons (Fsp3) is 0.588. The second-order valence-corrected chi connectivity index (χ2v) is 6.03. The molecule has 2 rings (SSSR count). The van der Waals surface area contributed by atoms with Crippen molar-refractivity contribution in [1.29, 1.82) is 0 Å². The van der Waals surface area contributed by atoms with E-state index in [4.69, 9.17) is 9.47 Å². The molecule has 1 heterocycles. The van der Waals surface area contributed by atoms with Gasteiger partial charge in [0.15, 0.2) is 11.5 Å². The molecule has 1 atom stereocenters. The van der Waals surface area contributed by atoms with Crippen LogP contribution >= 0.6 is 12.4 Å². The lowest BCUT2D eigenvalue weighted by molar-refractivity contribution is -0.136. The number of benzene rings is 1. The molecule has 130 valence electrons. The second-order valence-electron chi connectivity index (χ2n) is 6.03. The second kappa shape index (κ2) is 8.41.